The summed E-state index contributed by atoms with van der Waals surface area (Å²) >= 11 is 0. The number of rotatable bonds is 6. The summed E-state index contributed by atoms with van der Waals surface area (Å²) in [5.41, 5.74) is 0.356. The smallest absolute Gasteiger partial charge is 0.128 e. The van der Waals surface area contributed by atoms with Crippen molar-refractivity contribution in [1.29, 1.82) is 0 Å². The third-order valence-corrected chi connectivity index (χ3v) is 5.69. The molecule has 2 fully saturated rings. The van der Waals surface area contributed by atoms with E-state index in [2.05, 4.69) is 41.6 Å². The molecule has 0 spiro atoms. The first-order chi connectivity index (χ1) is 12.4. The zero-order chi connectivity index (χ0) is 18.6. The molecule has 3 unspecified atom stereocenters. The molecule has 2 aliphatic rings. The van der Waals surface area contributed by atoms with E-state index in [9.17, 15) is 5.11 Å². The van der Waals surface area contributed by atoms with Crippen LogP contribution in [-0.4, -0.2) is 66.5 Å². The number of aliphatic hydroxyl groups excluding tert-OH is 1. The quantitative estimate of drug-likeness (QED) is 0.741. The van der Waals surface area contributed by atoms with Crippen molar-refractivity contribution in [2.24, 2.45) is 11.3 Å². The van der Waals surface area contributed by atoms with Crippen LogP contribution < -0.4 is 4.90 Å². The molecule has 2 heterocycles. The van der Waals surface area contributed by atoms with Gasteiger partial charge < -0.3 is 14.7 Å². The first kappa shape index (κ1) is 25.4. The van der Waals surface area contributed by atoms with Crippen LogP contribution in [0.5, 0.6) is 0 Å². The molecule has 0 amide bonds. The van der Waals surface area contributed by atoms with E-state index in [1.54, 1.807) is 0 Å². The van der Waals surface area contributed by atoms with Crippen molar-refractivity contribution in [1.82, 2.24) is 9.88 Å². The number of halogens is 2. The van der Waals surface area contributed by atoms with E-state index >= 15 is 0 Å². The molecule has 1 aromatic heterocycles. The molecule has 0 radical (unpaired) electrons. The topological polar surface area (TPSA) is 48.8 Å². The molecule has 3 rings (SSSR count). The minimum absolute atomic E-state index is 0. The molecule has 0 aromatic carbocycles. The van der Waals surface area contributed by atoms with Crippen LogP contribution in [0.1, 0.15) is 40.0 Å². The Kier molecular flexibility index (Phi) is 10.5. The van der Waals surface area contributed by atoms with E-state index < -0.39 is 6.10 Å². The minimum atomic E-state index is -0.406. The lowest BCUT2D eigenvalue weighted by Gasteiger charge is -2.39. The van der Waals surface area contributed by atoms with E-state index in [0.29, 0.717) is 30.6 Å². The Hall–Kier alpha value is -0.590. The van der Waals surface area contributed by atoms with Gasteiger partial charge in [-0.05, 0) is 42.7 Å². The summed E-state index contributed by atoms with van der Waals surface area (Å²) in [5.74, 6) is 1.76. The molecule has 3 atom stereocenters. The Balaban J connectivity index is 0.00000196. The summed E-state index contributed by atoms with van der Waals surface area (Å²) in [6, 6.07) is 6.04. The van der Waals surface area contributed by atoms with Crippen LogP contribution >= 0.6 is 24.8 Å². The molecule has 5 nitrogen and oxygen atoms in total. The van der Waals surface area contributed by atoms with Crippen LogP contribution in [0, 0.1) is 11.3 Å². The summed E-state index contributed by atoms with van der Waals surface area (Å²) in [4.78, 5) is 9.07. The van der Waals surface area contributed by atoms with Crippen molar-refractivity contribution in [2.45, 2.75) is 52.2 Å². The van der Waals surface area contributed by atoms with E-state index in [4.69, 9.17) is 4.74 Å². The lowest BCUT2D eigenvalue weighted by atomic mass is 9.71. The van der Waals surface area contributed by atoms with E-state index in [0.717, 1.165) is 44.8 Å². The molecule has 162 valence electrons. The van der Waals surface area contributed by atoms with Crippen LogP contribution in [0.3, 0.4) is 0 Å². The van der Waals surface area contributed by atoms with Crippen LogP contribution in [-0.2, 0) is 4.74 Å². The molecule has 1 saturated carbocycles. The lowest BCUT2D eigenvalue weighted by molar-refractivity contribution is -0.0615. The van der Waals surface area contributed by atoms with Gasteiger partial charge in [0.15, 0.2) is 0 Å². The highest BCUT2D eigenvalue weighted by Crippen LogP contribution is 2.39. The maximum atomic E-state index is 10.4. The molecule has 28 heavy (non-hydrogen) atoms. The summed E-state index contributed by atoms with van der Waals surface area (Å²) in [5, 5.41) is 10.4. The fourth-order valence-corrected chi connectivity index (χ4v) is 4.68. The van der Waals surface area contributed by atoms with Crippen molar-refractivity contribution in [2.75, 3.05) is 44.2 Å². The van der Waals surface area contributed by atoms with Crippen molar-refractivity contribution >= 4 is 30.6 Å². The first-order valence-electron chi connectivity index (χ1n) is 10.1. The Labute approximate surface area is 182 Å². The highest BCUT2D eigenvalue weighted by Gasteiger charge is 2.32. The van der Waals surface area contributed by atoms with E-state index in [1.807, 2.05) is 18.3 Å². The zero-order valence-electron chi connectivity index (χ0n) is 17.4. The Morgan fingerprint density at radius 1 is 1.18 bits per heavy atom. The summed E-state index contributed by atoms with van der Waals surface area (Å²) in [6.45, 7) is 12.0. The largest absolute Gasteiger partial charge is 0.389 e. The van der Waals surface area contributed by atoms with Gasteiger partial charge in [0.1, 0.15) is 5.82 Å². The molecular formula is C21H37Cl2N3O2. The molecule has 7 heteroatoms. The fourth-order valence-electron chi connectivity index (χ4n) is 4.68. The molecule has 1 aromatic rings. The van der Waals surface area contributed by atoms with Crippen LogP contribution in [0.25, 0.3) is 0 Å². The number of piperazine rings is 1. The van der Waals surface area contributed by atoms with Crippen molar-refractivity contribution < 1.29 is 9.84 Å². The number of hydrogen-bond acceptors (Lipinski definition) is 5. The molecule has 1 N–H and O–H groups in total. The maximum absolute atomic E-state index is 10.4. The standard InChI is InChI=1S/C21H35N3O2.2ClH/c1-17-12-19(14-21(2,3)13-17)26-16-18(25)15-23-8-10-24(11-9-23)20-6-4-5-7-22-20;;/h4-7,17-19,25H,8-16H2,1-3H3;2*1H. The fraction of sp³-hybridized carbons (Fsp3) is 0.762. The third-order valence-electron chi connectivity index (χ3n) is 5.69. The number of pyridine rings is 1. The third kappa shape index (κ3) is 7.68. The van der Waals surface area contributed by atoms with Gasteiger partial charge in [0, 0.05) is 38.9 Å². The average molecular weight is 434 g/mol. The highest BCUT2D eigenvalue weighted by molar-refractivity contribution is 5.85. The maximum Gasteiger partial charge on any atom is 0.128 e. The van der Waals surface area contributed by atoms with Crippen LogP contribution in [0.2, 0.25) is 0 Å². The number of hydrogen-bond donors (Lipinski definition) is 1. The first-order valence-corrected chi connectivity index (χ1v) is 10.1. The predicted octanol–water partition coefficient (Wildman–Crippen LogP) is 3.64. The van der Waals surface area contributed by atoms with E-state index in [-0.39, 0.29) is 24.8 Å². The predicted molar refractivity (Wildman–Crippen MR) is 120 cm³/mol. The van der Waals surface area contributed by atoms with Gasteiger partial charge in [0.25, 0.3) is 0 Å². The van der Waals surface area contributed by atoms with Crippen molar-refractivity contribution in [3.05, 3.63) is 24.4 Å². The van der Waals surface area contributed by atoms with Crippen LogP contribution in [0.4, 0.5) is 5.82 Å². The summed E-state index contributed by atoms with van der Waals surface area (Å²) in [6.07, 6.45) is 5.24. The zero-order valence-corrected chi connectivity index (χ0v) is 19.1. The molecule has 1 aliphatic heterocycles. The monoisotopic (exact) mass is 433 g/mol. The molecular weight excluding hydrogens is 397 g/mol. The number of β-amino-alcohol motifs (C(OH)–C–C–N with tert-alkyl or cyclic N) is 1. The van der Waals surface area contributed by atoms with Gasteiger partial charge in [-0.3, -0.25) is 4.90 Å². The summed E-state index contributed by atoms with van der Waals surface area (Å²) in [7, 11) is 0. The molecule has 1 aliphatic carbocycles. The number of nitrogens with zero attached hydrogens (tertiary/aromatic N) is 3. The van der Waals surface area contributed by atoms with Gasteiger partial charge >= 0.3 is 0 Å². The number of aliphatic hydroxyl groups is 1. The Morgan fingerprint density at radius 2 is 1.89 bits per heavy atom. The van der Waals surface area contributed by atoms with E-state index in [1.165, 1.54) is 6.42 Å². The number of anilines is 1. The SMILES string of the molecule is CC1CC(OCC(O)CN2CCN(c3ccccn3)CC2)CC(C)(C)C1.Cl.Cl. The van der Waals surface area contributed by atoms with Crippen molar-refractivity contribution in [3.8, 4) is 0 Å². The Bertz CT molecular complexity index is 554. The number of aromatic nitrogens is 1. The Morgan fingerprint density at radius 3 is 2.50 bits per heavy atom. The van der Waals surface area contributed by atoms with Gasteiger partial charge in [-0.2, -0.15) is 0 Å². The average Bonchev–Trinajstić information content (AvgIpc) is 2.60. The molecule has 0 bridgehead atoms. The second kappa shape index (κ2) is 11.6. The lowest BCUT2D eigenvalue weighted by Crippen LogP contribution is -2.49. The normalized spacial score (nSPS) is 26.1. The minimum Gasteiger partial charge on any atom is -0.389 e. The van der Waals surface area contributed by atoms with Gasteiger partial charge in [0.2, 0.25) is 0 Å². The van der Waals surface area contributed by atoms with Gasteiger partial charge in [-0.15, -0.1) is 24.8 Å². The number of ether oxygens (including phenoxy) is 1. The van der Waals surface area contributed by atoms with Crippen molar-refractivity contribution in [3.63, 3.8) is 0 Å². The summed E-state index contributed by atoms with van der Waals surface area (Å²) < 4.78 is 6.09. The highest BCUT2D eigenvalue weighted by atomic mass is 35.5. The van der Waals surface area contributed by atoms with Gasteiger partial charge in [-0.1, -0.05) is 26.8 Å². The second-order valence-electron chi connectivity index (χ2n) is 9.00. The van der Waals surface area contributed by atoms with Gasteiger partial charge in [-0.25, -0.2) is 4.98 Å². The van der Waals surface area contributed by atoms with Crippen LogP contribution in [0.15, 0.2) is 24.4 Å². The molecule has 1 saturated heterocycles. The van der Waals surface area contributed by atoms with Gasteiger partial charge in [0.05, 0.1) is 18.8 Å². The second-order valence-corrected chi connectivity index (χ2v) is 9.00.